The predicted molar refractivity (Wildman–Crippen MR) is 130 cm³/mol. The summed E-state index contributed by atoms with van der Waals surface area (Å²) in [6.45, 7) is 11.8. The molecular weight excluding hydrogens is 456 g/mol. The maximum atomic E-state index is 13.9. The number of aromatic nitrogens is 4. The van der Waals surface area contributed by atoms with Gasteiger partial charge in [0.05, 0.1) is 31.9 Å². The summed E-state index contributed by atoms with van der Waals surface area (Å²) in [5, 5.41) is 3.28. The zero-order valence-electron chi connectivity index (χ0n) is 20.2. The lowest BCUT2D eigenvalue weighted by Crippen LogP contribution is -2.51. The van der Waals surface area contributed by atoms with Crippen LogP contribution in [0, 0.1) is 5.92 Å². The van der Waals surface area contributed by atoms with Gasteiger partial charge in [-0.3, -0.25) is 0 Å². The normalized spacial score (nSPS) is 23.4. The Hall–Kier alpha value is -3.18. The van der Waals surface area contributed by atoms with Crippen molar-refractivity contribution in [2.75, 3.05) is 42.4 Å². The number of morpholine rings is 1. The van der Waals surface area contributed by atoms with E-state index in [-0.39, 0.29) is 40.8 Å². The maximum Gasteiger partial charge on any atom is 0.264 e. The number of anilines is 3. The molecule has 2 aromatic heterocycles. The highest BCUT2D eigenvalue weighted by Gasteiger charge is 2.32. The van der Waals surface area contributed by atoms with Crippen molar-refractivity contribution in [2.24, 2.45) is 5.92 Å². The second-order valence-electron chi connectivity index (χ2n) is 8.75. The molecule has 11 heteroatoms. The van der Waals surface area contributed by atoms with Crippen molar-refractivity contribution in [3.8, 4) is 11.4 Å². The van der Waals surface area contributed by atoms with Crippen LogP contribution in [0.1, 0.15) is 39.2 Å². The molecule has 2 aliphatic rings. The van der Waals surface area contributed by atoms with Crippen molar-refractivity contribution in [3.63, 3.8) is 0 Å². The van der Waals surface area contributed by atoms with E-state index in [9.17, 15) is 8.78 Å². The van der Waals surface area contributed by atoms with Gasteiger partial charge in [-0.15, -0.1) is 6.58 Å². The van der Waals surface area contributed by atoms with Crippen LogP contribution in [0.25, 0.3) is 11.4 Å². The summed E-state index contributed by atoms with van der Waals surface area (Å²) in [7, 11) is 0. The number of pyridine rings is 1. The molecule has 0 spiro atoms. The number of hydrogen-bond donors (Lipinski definition) is 2. The summed E-state index contributed by atoms with van der Waals surface area (Å²) in [6.07, 6.45) is 1.21. The number of nitrogens with one attached hydrogen (secondary N) is 1. The van der Waals surface area contributed by atoms with E-state index in [1.807, 2.05) is 18.7 Å². The number of rotatable bonds is 9. The van der Waals surface area contributed by atoms with Crippen LogP contribution in [0.3, 0.4) is 0 Å². The maximum absolute atomic E-state index is 13.9. The Labute approximate surface area is 203 Å². The van der Waals surface area contributed by atoms with Crippen LogP contribution in [0.2, 0.25) is 0 Å². The van der Waals surface area contributed by atoms with Crippen molar-refractivity contribution in [3.05, 3.63) is 41.8 Å². The zero-order chi connectivity index (χ0) is 25.1. The Morgan fingerprint density at radius 3 is 2.77 bits per heavy atom. The summed E-state index contributed by atoms with van der Waals surface area (Å²) in [6, 6.07) is 0.888. The fraction of sp³-hybridized carbons (Fsp3) is 0.500. The second kappa shape index (κ2) is 10.6. The molecule has 9 nitrogen and oxygen atoms in total. The summed E-state index contributed by atoms with van der Waals surface area (Å²) in [5.41, 5.74) is 7.59. The molecule has 0 radical (unpaired) electrons. The summed E-state index contributed by atoms with van der Waals surface area (Å²) in [4.78, 5) is 19.8. The molecule has 0 aromatic carbocycles. The first-order chi connectivity index (χ1) is 16.8. The van der Waals surface area contributed by atoms with Crippen LogP contribution >= 0.6 is 0 Å². The molecule has 2 fully saturated rings. The Balaban J connectivity index is 1.83. The van der Waals surface area contributed by atoms with Crippen molar-refractivity contribution in [1.29, 1.82) is 0 Å². The average molecular weight is 488 g/mol. The lowest BCUT2D eigenvalue weighted by Gasteiger charge is -2.39. The van der Waals surface area contributed by atoms with Gasteiger partial charge in [-0.1, -0.05) is 13.0 Å². The van der Waals surface area contributed by atoms with Gasteiger partial charge in [0.15, 0.2) is 5.82 Å². The molecule has 3 atom stereocenters. The molecule has 35 heavy (non-hydrogen) atoms. The number of halogens is 2. The molecule has 188 valence electrons. The lowest BCUT2D eigenvalue weighted by molar-refractivity contribution is 0.0815. The summed E-state index contributed by atoms with van der Waals surface area (Å²) in [5.74, 6) is 1.09. The van der Waals surface area contributed by atoms with Crippen LogP contribution in [0.4, 0.5) is 26.5 Å². The molecule has 2 aromatic rings. The first-order valence-electron chi connectivity index (χ1n) is 11.7. The van der Waals surface area contributed by atoms with Crippen LogP contribution in [-0.4, -0.2) is 58.4 Å². The van der Waals surface area contributed by atoms with Gasteiger partial charge in [-0.05, 0) is 37.8 Å². The molecule has 4 rings (SSSR count). The number of nitrogens with two attached hydrogens (primary N) is 1. The van der Waals surface area contributed by atoms with Gasteiger partial charge in [0, 0.05) is 29.6 Å². The number of nitrogen functional groups attached to an aromatic ring is 1. The zero-order valence-corrected chi connectivity index (χ0v) is 20.2. The van der Waals surface area contributed by atoms with Crippen LogP contribution in [0.5, 0.6) is 0 Å². The summed E-state index contributed by atoms with van der Waals surface area (Å²) < 4.78 is 39.1. The van der Waals surface area contributed by atoms with Crippen molar-refractivity contribution < 1.29 is 18.3 Å². The van der Waals surface area contributed by atoms with E-state index in [1.165, 1.54) is 11.8 Å². The number of alkyl halides is 2. The van der Waals surface area contributed by atoms with Crippen LogP contribution in [-0.2, 0) is 9.47 Å². The van der Waals surface area contributed by atoms with Crippen molar-refractivity contribution in [1.82, 2.24) is 19.9 Å². The predicted octanol–water partition coefficient (Wildman–Crippen LogP) is 3.98. The number of ether oxygens (including phenoxy) is 2. The Kier molecular flexibility index (Phi) is 7.56. The standard InChI is InChI=1S/C24H31F2N7O2/c1-5-15-11-35-10-14(4)33(15)24-31-22(18-9-28-20(27)8-17(18)21(25)26)30-23(32-24)29-19(12-34-6-2)16-7-13(16)3/h5,8-9,13-15,21H,1,6-7,10-12H2,2-4H3,(H2,27,28)(H,29,30,31,32)/b19-16-. The molecule has 1 saturated heterocycles. The fourth-order valence-corrected chi connectivity index (χ4v) is 4.13. The molecule has 1 aliphatic carbocycles. The quantitative estimate of drug-likeness (QED) is 0.507. The lowest BCUT2D eigenvalue weighted by atomic mass is 10.1. The third kappa shape index (κ3) is 5.57. The van der Waals surface area contributed by atoms with Gasteiger partial charge in [0.1, 0.15) is 5.82 Å². The monoisotopic (exact) mass is 487 g/mol. The average Bonchev–Trinajstić information content (AvgIpc) is 3.57. The molecule has 0 bridgehead atoms. The molecule has 1 saturated carbocycles. The molecular formula is C24H31F2N7O2. The van der Waals surface area contributed by atoms with Gasteiger partial charge in [0.2, 0.25) is 11.9 Å². The first-order valence-corrected chi connectivity index (χ1v) is 11.7. The highest BCUT2D eigenvalue weighted by molar-refractivity contribution is 5.64. The first kappa shape index (κ1) is 24.9. The van der Waals surface area contributed by atoms with E-state index in [2.05, 4.69) is 38.8 Å². The van der Waals surface area contributed by atoms with Crippen LogP contribution < -0.4 is 16.0 Å². The molecule has 1 aliphatic heterocycles. The van der Waals surface area contributed by atoms with Gasteiger partial charge in [0.25, 0.3) is 6.43 Å². The van der Waals surface area contributed by atoms with Gasteiger partial charge >= 0.3 is 0 Å². The molecule has 3 heterocycles. The van der Waals surface area contributed by atoms with E-state index in [0.717, 1.165) is 18.2 Å². The fourth-order valence-electron chi connectivity index (χ4n) is 4.13. The SMILES string of the molecule is C=CC1COCC(C)N1c1nc(N/C(COCC)=C2/CC2C)nc(-c2cnc(N)cc2C(F)F)n1. The van der Waals surface area contributed by atoms with Gasteiger partial charge in [-0.2, -0.15) is 15.0 Å². The summed E-state index contributed by atoms with van der Waals surface area (Å²) >= 11 is 0. The Morgan fingerprint density at radius 2 is 2.11 bits per heavy atom. The molecule has 3 unspecified atom stereocenters. The highest BCUT2D eigenvalue weighted by Crippen LogP contribution is 2.40. The highest BCUT2D eigenvalue weighted by atomic mass is 19.3. The third-order valence-corrected chi connectivity index (χ3v) is 6.10. The smallest absolute Gasteiger partial charge is 0.264 e. The number of allylic oxidation sites excluding steroid dienone is 1. The third-order valence-electron chi connectivity index (χ3n) is 6.10. The Morgan fingerprint density at radius 1 is 1.34 bits per heavy atom. The minimum atomic E-state index is -2.78. The molecule has 3 N–H and O–H groups in total. The minimum Gasteiger partial charge on any atom is -0.384 e. The minimum absolute atomic E-state index is 0.00310. The second-order valence-corrected chi connectivity index (χ2v) is 8.75. The topological polar surface area (TPSA) is 111 Å². The van der Waals surface area contributed by atoms with E-state index < -0.39 is 6.43 Å². The largest absolute Gasteiger partial charge is 0.384 e. The van der Waals surface area contributed by atoms with E-state index in [1.54, 1.807) is 6.08 Å². The Bertz CT molecular complexity index is 1110. The van der Waals surface area contributed by atoms with E-state index in [4.69, 9.17) is 15.2 Å². The van der Waals surface area contributed by atoms with E-state index >= 15 is 0 Å². The van der Waals surface area contributed by atoms with Gasteiger partial charge < -0.3 is 25.4 Å². The van der Waals surface area contributed by atoms with Crippen molar-refractivity contribution in [2.45, 2.75) is 45.7 Å². The van der Waals surface area contributed by atoms with Crippen molar-refractivity contribution >= 4 is 17.7 Å². The van der Waals surface area contributed by atoms with E-state index in [0.29, 0.717) is 38.3 Å². The van der Waals surface area contributed by atoms with Crippen LogP contribution in [0.15, 0.2) is 36.2 Å². The molecule has 0 amide bonds. The number of nitrogens with zero attached hydrogens (tertiary/aromatic N) is 5. The van der Waals surface area contributed by atoms with Gasteiger partial charge in [-0.25, -0.2) is 13.8 Å². The number of hydrogen-bond acceptors (Lipinski definition) is 9.